The fraction of sp³-hybridized carbons (Fsp3) is 0.250. The third kappa shape index (κ3) is 2.93. The van der Waals surface area contributed by atoms with Crippen LogP contribution in [-0.4, -0.2) is 6.61 Å². The van der Waals surface area contributed by atoms with Gasteiger partial charge in [0.15, 0.2) is 0 Å². The molecule has 0 aromatic heterocycles. The molecule has 100 valence electrons. The lowest BCUT2D eigenvalue weighted by Crippen LogP contribution is -2.14. The third-order valence-electron chi connectivity index (χ3n) is 3.08. The van der Waals surface area contributed by atoms with Gasteiger partial charge < -0.3 is 10.5 Å². The predicted octanol–water partition coefficient (Wildman–Crippen LogP) is 3.58. The van der Waals surface area contributed by atoms with E-state index in [4.69, 9.17) is 10.5 Å². The minimum Gasteiger partial charge on any atom is -0.494 e. The van der Waals surface area contributed by atoms with E-state index in [1.54, 1.807) is 19.1 Å². The monoisotopic (exact) mass is 259 g/mol. The number of nitrogens with two attached hydrogens (primary N) is 1. The largest absolute Gasteiger partial charge is 0.494 e. The second-order valence-corrected chi connectivity index (χ2v) is 4.46. The van der Waals surface area contributed by atoms with E-state index in [-0.39, 0.29) is 5.82 Å². The van der Waals surface area contributed by atoms with Gasteiger partial charge in [0.2, 0.25) is 0 Å². The van der Waals surface area contributed by atoms with Crippen molar-refractivity contribution in [3.8, 4) is 5.75 Å². The molecule has 0 radical (unpaired) electrons. The number of hydrogen-bond donors (Lipinski definition) is 1. The van der Waals surface area contributed by atoms with Crippen molar-refractivity contribution in [2.45, 2.75) is 19.9 Å². The van der Waals surface area contributed by atoms with Crippen LogP contribution in [0.2, 0.25) is 0 Å². The Labute approximate surface area is 113 Å². The van der Waals surface area contributed by atoms with Crippen molar-refractivity contribution >= 4 is 0 Å². The van der Waals surface area contributed by atoms with E-state index in [9.17, 15) is 4.39 Å². The Kier molecular flexibility index (Phi) is 4.17. The van der Waals surface area contributed by atoms with Gasteiger partial charge in [-0.05, 0) is 37.1 Å². The summed E-state index contributed by atoms with van der Waals surface area (Å²) in [5.74, 6) is 0.514. The Hall–Kier alpha value is -1.87. The maximum absolute atomic E-state index is 14.1. The average molecular weight is 259 g/mol. The van der Waals surface area contributed by atoms with Crippen LogP contribution in [0.1, 0.15) is 29.7 Å². The standard InChI is InChI=1S/C16H18FNO/c1-3-19-13-8-5-7-12(10-13)16(18)14-9-4-6-11(2)15(14)17/h4-10,16H,3,18H2,1-2H3. The van der Waals surface area contributed by atoms with Gasteiger partial charge in [-0.1, -0.05) is 30.3 Å². The summed E-state index contributed by atoms with van der Waals surface area (Å²) in [6.45, 7) is 4.26. The summed E-state index contributed by atoms with van der Waals surface area (Å²) in [5, 5.41) is 0. The van der Waals surface area contributed by atoms with Gasteiger partial charge in [-0.25, -0.2) is 4.39 Å². The Bertz CT molecular complexity index is 568. The predicted molar refractivity (Wildman–Crippen MR) is 74.8 cm³/mol. The lowest BCUT2D eigenvalue weighted by atomic mass is 9.97. The molecule has 3 heteroatoms. The van der Waals surface area contributed by atoms with E-state index in [2.05, 4.69) is 0 Å². The molecule has 2 nitrogen and oxygen atoms in total. The number of benzene rings is 2. The van der Waals surface area contributed by atoms with Crippen LogP contribution in [0, 0.1) is 12.7 Å². The highest BCUT2D eigenvalue weighted by molar-refractivity contribution is 5.38. The first-order chi connectivity index (χ1) is 9.13. The second kappa shape index (κ2) is 5.85. The molecule has 0 aliphatic rings. The Balaban J connectivity index is 2.35. The van der Waals surface area contributed by atoms with Gasteiger partial charge >= 0.3 is 0 Å². The molecule has 2 aromatic rings. The SMILES string of the molecule is CCOc1cccc(C(N)c2cccc(C)c2F)c1. The van der Waals surface area contributed by atoms with Gasteiger partial charge in [-0.3, -0.25) is 0 Å². The molecular formula is C16H18FNO. The molecule has 2 rings (SSSR count). The Morgan fingerprint density at radius 1 is 1.21 bits per heavy atom. The summed E-state index contributed by atoms with van der Waals surface area (Å²) < 4.78 is 19.5. The second-order valence-electron chi connectivity index (χ2n) is 4.46. The van der Waals surface area contributed by atoms with Crippen LogP contribution in [0.4, 0.5) is 4.39 Å². The lowest BCUT2D eigenvalue weighted by molar-refractivity contribution is 0.340. The van der Waals surface area contributed by atoms with Crippen LogP contribution in [-0.2, 0) is 0 Å². The zero-order chi connectivity index (χ0) is 13.8. The van der Waals surface area contributed by atoms with Crippen LogP contribution in [0.25, 0.3) is 0 Å². The molecule has 19 heavy (non-hydrogen) atoms. The smallest absolute Gasteiger partial charge is 0.131 e. The summed E-state index contributed by atoms with van der Waals surface area (Å²) in [7, 11) is 0. The van der Waals surface area contributed by atoms with Crippen molar-refractivity contribution in [2.75, 3.05) is 6.61 Å². The molecule has 0 saturated heterocycles. The van der Waals surface area contributed by atoms with Gasteiger partial charge in [-0.2, -0.15) is 0 Å². The van der Waals surface area contributed by atoms with Crippen molar-refractivity contribution in [2.24, 2.45) is 5.73 Å². The molecule has 0 saturated carbocycles. The van der Waals surface area contributed by atoms with Crippen molar-refractivity contribution in [3.63, 3.8) is 0 Å². The molecule has 0 heterocycles. The summed E-state index contributed by atoms with van der Waals surface area (Å²) >= 11 is 0. The van der Waals surface area contributed by atoms with Crippen molar-refractivity contribution in [3.05, 3.63) is 65.0 Å². The van der Waals surface area contributed by atoms with E-state index in [1.807, 2.05) is 37.3 Å². The average Bonchev–Trinajstić information content (AvgIpc) is 2.42. The van der Waals surface area contributed by atoms with Gasteiger partial charge in [-0.15, -0.1) is 0 Å². The van der Waals surface area contributed by atoms with E-state index in [1.165, 1.54) is 0 Å². The molecule has 0 aliphatic carbocycles. The van der Waals surface area contributed by atoms with E-state index in [0.717, 1.165) is 11.3 Å². The van der Waals surface area contributed by atoms with Crippen LogP contribution in [0.15, 0.2) is 42.5 Å². The first kappa shape index (κ1) is 13.6. The number of hydrogen-bond acceptors (Lipinski definition) is 2. The molecule has 0 spiro atoms. The number of ether oxygens (including phenoxy) is 1. The highest BCUT2D eigenvalue weighted by Crippen LogP contribution is 2.26. The zero-order valence-electron chi connectivity index (χ0n) is 11.2. The molecule has 2 N–H and O–H groups in total. The highest BCUT2D eigenvalue weighted by Gasteiger charge is 2.15. The molecule has 2 aromatic carbocycles. The van der Waals surface area contributed by atoms with Crippen LogP contribution in [0.3, 0.4) is 0 Å². The van der Waals surface area contributed by atoms with Gasteiger partial charge in [0.1, 0.15) is 11.6 Å². The molecule has 1 atom stereocenters. The normalized spacial score (nSPS) is 12.2. The summed E-state index contributed by atoms with van der Waals surface area (Å²) in [6, 6.07) is 12.3. The fourth-order valence-electron chi connectivity index (χ4n) is 2.05. The highest BCUT2D eigenvalue weighted by atomic mass is 19.1. The molecule has 0 amide bonds. The lowest BCUT2D eigenvalue weighted by Gasteiger charge is -2.15. The fourth-order valence-corrected chi connectivity index (χ4v) is 2.05. The van der Waals surface area contributed by atoms with Gasteiger partial charge in [0.05, 0.1) is 12.6 Å². The van der Waals surface area contributed by atoms with E-state index >= 15 is 0 Å². The minimum atomic E-state index is -0.486. The Morgan fingerprint density at radius 2 is 1.95 bits per heavy atom. The molecule has 1 unspecified atom stereocenters. The first-order valence-electron chi connectivity index (χ1n) is 6.36. The number of aryl methyl sites for hydroxylation is 1. The van der Waals surface area contributed by atoms with Crippen LogP contribution in [0.5, 0.6) is 5.75 Å². The maximum Gasteiger partial charge on any atom is 0.131 e. The van der Waals surface area contributed by atoms with Crippen LogP contribution < -0.4 is 10.5 Å². The summed E-state index contributed by atoms with van der Waals surface area (Å²) in [6.07, 6.45) is 0. The van der Waals surface area contributed by atoms with Gasteiger partial charge in [0.25, 0.3) is 0 Å². The molecule has 0 fully saturated rings. The van der Waals surface area contributed by atoms with Crippen LogP contribution >= 0.6 is 0 Å². The minimum absolute atomic E-state index is 0.239. The number of rotatable bonds is 4. The van der Waals surface area contributed by atoms with Crippen molar-refractivity contribution < 1.29 is 9.13 Å². The topological polar surface area (TPSA) is 35.2 Å². The molecular weight excluding hydrogens is 241 g/mol. The molecule has 0 aliphatic heterocycles. The third-order valence-corrected chi connectivity index (χ3v) is 3.08. The number of halogens is 1. The quantitative estimate of drug-likeness (QED) is 0.910. The zero-order valence-corrected chi connectivity index (χ0v) is 11.2. The van der Waals surface area contributed by atoms with Crippen molar-refractivity contribution in [1.82, 2.24) is 0 Å². The molecule has 0 bridgehead atoms. The van der Waals surface area contributed by atoms with E-state index < -0.39 is 6.04 Å². The summed E-state index contributed by atoms with van der Waals surface area (Å²) in [5.41, 5.74) is 8.11. The van der Waals surface area contributed by atoms with Crippen molar-refractivity contribution in [1.29, 1.82) is 0 Å². The maximum atomic E-state index is 14.1. The van der Waals surface area contributed by atoms with Gasteiger partial charge in [0, 0.05) is 5.56 Å². The summed E-state index contributed by atoms with van der Waals surface area (Å²) in [4.78, 5) is 0. The Morgan fingerprint density at radius 3 is 2.68 bits per heavy atom. The van der Waals surface area contributed by atoms with E-state index in [0.29, 0.717) is 17.7 Å². The first-order valence-corrected chi connectivity index (χ1v) is 6.36.